The predicted molar refractivity (Wildman–Crippen MR) is 64.6 cm³/mol. The van der Waals surface area contributed by atoms with E-state index < -0.39 is 0 Å². The molecule has 0 radical (unpaired) electrons. The molecule has 15 heavy (non-hydrogen) atoms. The van der Waals surface area contributed by atoms with Gasteiger partial charge in [0.1, 0.15) is 0 Å². The van der Waals surface area contributed by atoms with Gasteiger partial charge in [0, 0.05) is 0 Å². The van der Waals surface area contributed by atoms with E-state index in [2.05, 4.69) is 48.5 Å². The Kier molecular flexibility index (Phi) is 3.15. The van der Waals surface area contributed by atoms with Crippen LogP contribution < -0.4 is 5.73 Å². The van der Waals surface area contributed by atoms with E-state index in [0.29, 0.717) is 6.54 Å². The molecular formula is C14H15N. The van der Waals surface area contributed by atoms with Crippen LogP contribution >= 0.6 is 0 Å². The summed E-state index contributed by atoms with van der Waals surface area (Å²) in [5, 5.41) is 0. The summed E-state index contributed by atoms with van der Waals surface area (Å²) in [6.07, 6.45) is 0.936. The zero-order chi connectivity index (χ0) is 10.5. The first-order valence-electron chi connectivity index (χ1n) is 5.25. The number of nitrogens with two attached hydrogens (primary N) is 1. The van der Waals surface area contributed by atoms with Crippen LogP contribution in [0.2, 0.25) is 0 Å². The molecule has 0 bridgehead atoms. The van der Waals surface area contributed by atoms with Crippen molar-refractivity contribution in [2.45, 2.75) is 6.42 Å². The minimum Gasteiger partial charge on any atom is -0.330 e. The van der Waals surface area contributed by atoms with Crippen molar-refractivity contribution in [1.82, 2.24) is 0 Å². The van der Waals surface area contributed by atoms with E-state index in [9.17, 15) is 0 Å². The topological polar surface area (TPSA) is 26.0 Å². The zero-order valence-electron chi connectivity index (χ0n) is 8.69. The van der Waals surface area contributed by atoms with Crippen LogP contribution in [-0.2, 0) is 6.42 Å². The summed E-state index contributed by atoms with van der Waals surface area (Å²) < 4.78 is 0. The van der Waals surface area contributed by atoms with Crippen molar-refractivity contribution in [3.8, 4) is 11.1 Å². The average Bonchev–Trinajstić information content (AvgIpc) is 2.31. The maximum atomic E-state index is 5.61. The molecule has 0 amide bonds. The van der Waals surface area contributed by atoms with Crippen molar-refractivity contribution in [2.75, 3.05) is 6.54 Å². The molecule has 0 aliphatic carbocycles. The third-order valence-electron chi connectivity index (χ3n) is 2.52. The Morgan fingerprint density at radius 3 is 2.20 bits per heavy atom. The van der Waals surface area contributed by atoms with Crippen LogP contribution in [-0.4, -0.2) is 6.54 Å². The van der Waals surface area contributed by atoms with E-state index in [0.717, 1.165) is 6.42 Å². The number of hydrogen-bond acceptors (Lipinski definition) is 1. The van der Waals surface area contributed by atoms with E-state index in [1.165, 1.54) is 16.7 Å². The van der Waals surface area contributed by atoms with Gasteiger partial charge in [0.2, 0.25) is 0 Å². The molecule has 2 N–H and O–H groups in total. The smallest absolute Gasteiger partial charge is 0.00365 e. The maximum Gasteiger partial charge on any atom is -0.00365 e. The van der Waals surface area contributed by atoms with Gasteiger partial charge in [0.05, 0.1) is 0 Å². The minimum atomic E-state index is 0.698. The van der Waals surface area contributed by atoms with E-state index in [1.807, 2.05) is 6.07 Å². The highest BCUT2D eigenvalue weighted by molar-refractivity contribution is 5.67. The van der Waals surface area contributed by atoms with Crippen molar-refractivity contribution in [1.29, 1.82) is 0 Å². The molecule has 0 aliphatic rings. The molecule has 0 atom stereocenters. The molecular weight excluding hydrogens is 182 g/mol. The van der Waals surface area contributed by atoms with Crippen molar-refractivity contribution < 1.29 is 0 Å². The Labute approximate surface area is 90.6 Å². The van der Waals surface area contributed by atoms with Crippen LogP contribution in [0.15, 0.2) is 54.6 Å². The Bertz CT molecular complexity index is 420. The molecule has 0 fully saturated rings. The lowest BCUT2D eigenvalue weighted by Crippen LogP contribution is -2.03. The quantitative estimate of drug-likeness (QED) is 0.804. The van der Waals surface area contributed by atoms with Crippen LogP contribution in [0.1, 0.15) is 5.56 Å². The average molecular weight is 197 g/mol. The second kappa shape index (κ2) is 4.76. The molecule has 0 spiro atoms. The van der Waals surface area contributed by atoms with E-state index in [-0.39, 0.29) is 0 Å². The van der Waals surface area contributed by atoms with Crippen LogP contribution in [0, 0.1) is 0 Å². The SMILES string of the molecule is NCCc1ccccc1-c1ccccc1. The van der Waals surface area contributed by atoms with E-state index in [4.69, 9.17) is 5.73 Å². The molecule has 1 nitrogen and oxygen atoms in total. The summed E-state index contributed by atoms with van der Waals surface area (Å²) in [5.74, 6) is 0. The standard InChI is InChI=1S/C14H15N/c15-11-10-13-8-4-5-9-14(13)12-6-2-1-3-7-12/h1-9H,10-11,15H2. The monoisotopic (exact) mass is 197 g/mol. The third kappa shape index (κ3) is 2.25. The van der Waals surface area contributed by atoms with Crippen LogP contribution in [0.3, 0.4) is 0 Å². The fourth-order valence-electron chi connectivity index (χ4n) is 1.79. The Morgan fingerprint density at radius 2 is 1.47 bits per heavy atom. The Morgan fingerprint density at radius 1 is 0.800 bits per heavy atom. The number of benzene rings is 2. The summed E-state index contributed by atoms with van der Waals surface area (Å²) in [6.45, 7) is 0.698. The van der Waals surface area contributed by atoms with Crippen molar-refractivity contribution in [3.05, 3.63) is 60.2 Å². The minimum absolute atomic E-state index is 0.698. The predicted octanol–water partition coefficient (Wildman–Crippen LogP) is 2.85. The lowest BCUT2D eigenvalue weighted by atomic mass is 9.98. The van der Waals surface area contributed by atoms with Gasteiger partial charge in [-0.3, -0.25) is 0 Å². The van der Waals surface area contributed by atoms with Gasteiger partial charge >= 0.3 is 0 Å². The van der Waals surface area contributed by atoms with Gasteiger partial charge in [-0.25, -0.2) is 0 Å². The van der Waals surface area contributed by atoms with Gasteiger partial charge in [-0.1, -0.05) is 54.6 Å². The fraction of sp³-hybridized carbons (Fsp3) is 0.143. The molecule has 2 aromatic carbocycles. The second-order valence-corrected chi connectivity index (χ2v) is 3.56. The summed E-state index contributed by atoms with van der Waals surface area (Å²) >= 11 is 0. The van der Waals surface area contributed by atoms with Crippen molar-refractivity contribution in [3.63, 3.8) is 0 Å². The van der Waals surface area contributed by atoms with Gasteiger partial charge < -0.3 is 5.73 Å². The fourth-order valence-corrected chi connectivity index (χ4v) is 1.79. The van der Waals surface area contributed by atoms with Crippen LogP contribution in [0.4, 0.5) is 0 Å². The summed E-state index contributed by atoms with van der Waals surface area (Å²) in [4.78, 5) is 0. The molecule has 0 heterocycles. The molecule has 76 valence electrons. The molecule has 2 aromatic rings. The van der Waals surface area contributed by atoms with Gasteiger partial charge in [0.15, 0.2) is 0 Å². The molecule has 0 aliphatic heterocycles. The van der Waals surface area contributed by atoms with Gasteiger partial charge in [-0.15, -0.1) is 0 Å². The van der Waals surface area contributed by atoms with Crippen molar-refractivity contribution >= 4 is 0 Å². The molecule has 0 unspecified atom stereocenters. The molecule has 0 saturated heterocycles. The lowest BCUT2D eigenvalue weighted by molar-refractivity contribution is 0.971. The maximum absolute atomic E-state index is 5.61. The first kappa shape index (κ1) is 9.94. The summed E-state index contributed by atoms with van der Waals surface area (Å²) in [6, 6.07) is 18.9. The lowest BCUT2D eigenvalue weighted by Gasteiger charge is -2.08. The van der Waals surface area contributed by atoms with E-state index >= 15 is 0 Å². The highest BCUT2D eigenvalue weighted by atomic mass is 14.5. The highest BCUT2D eigenvalue weighted by Gasteiger charge is 2.02. The van der Waals surface area contributed by atoms with Crippen molar-refractivity contribution in [2.24, 2.45) is 5.73 Å². The van der Waals surface area contributed by atoms with Gasteiger partial charge in [-0.05, 0) is 29.7 Å². The van der Waals surface area contributed by atoms with Gasteiger partial charge in [-0.2, -0.15) is 0 Å². The van der Waals surface area contributed by atoms with Gasteiger partial charge in [0.25, 0.3) is 0 Å². The summed E-state index contributed by atoms with van der Waals surface area (Å²) in [5.41, 5.74) is 9.49. The first-order valence-corrected chi connectivity index (χ1v) is 5.25. The summed E-state index contributed by atoms with van der Waals surface area (Å²) in [7, 11) is 0. The molecule has 0 aromatic heterocycles. The Balaban J connectivity index is 2.43. The highest BCUT2D eigenvalue weighted by Crippen LogP contribution is 2.23. The molecule has 1 heteroatoms. The number of rotatable bonds is 3. The number of hydrogen-bond donors (Lipinski definition) is 1. The molecule has 2 rings (SSSR count). The van der Waals surface area contributed by atoms with E-state index in [1.54, 1.807) is 0 Å². The molecule has 0 saturated carbocycles. The first-order chi connectivity index (χ1) is 7.42. The normalized spacial score (nSPS) is 10.2. The van der Waals surface area contributed by atoms with Crippen LogP contribution in [0.5, 0.6) is 0 Å². The van der Waals surface area contributed by atoms with Crippen LogP contribution in [0.25, 0.3) is 11.1 Å². The largest absolute Gasteiger partial charge is 0.330 e. The third-order valence-corrected chi connectivity index (χ3v) is 2.52. The Hall–Kier alpha value is -1.60. The second-order valence-electron chi connectivity index (χ2n) is 3.56. The zero-order valence-corrected chi connectivity index (χ0v) is 8.69.